The Morgan fingerprint density at radius 3 is 2.60 bits per heavy atom. The van der Waals surface area contributed by atoms with Gasteiger partial charge in [0.2, 0.25) is 5.95 Å². The third-order valence-electron chi connectivity index (χ3n) is 3.36. The molecule has 6 heteroatoms. The fourth-order valence-corrected chi connectivity index (χ4v) is 2.48. The lowest BCUT2D eigenvalue weighted by Gasteiger charge is -2.12. The van der Waals surface area contributed by atoms with Crippen LogP contribution in [0.5, 0.6) is 0 Å². The van der Waals surface area contributed by atoms with Gasteiger partial charge in [0.1, 0.15) is 0 Å². The van der Waals surface area contributed by atoms with Gasteiger partial charge in [-0.1, -0.05) is 24.4 Å². The Hall–Kier alpha value is -1.88. The maximum absolute atomic E-state index is 5.86. The fourth-order valence-electron chi connectivity index (χ4n) is 2.36. The van der Waals surface area contributed by atoms with Crippen molar-refractivity contribution in [2.45, 2.75) is 31.7 Å². The smallest absolute Gasteiger partial charge is 0.244 e. The van der Waals surface area contributed by atoms with Gasteiger partial charge in [-0.25, -0.2) is 0 Å². The molecule has 1 aliphatic rings. The molecular weight excluding hydrogens is 274 g/mol. The van der Waals surface area contributed by atoms with Crippen LogP contribution in [0.1, 0.15) is 25.7 Å². The van der Waals surface area contributed by atoms with Crippen LogP contribution < -0.4 is 10.6 Å². The Labute approximate surface area is 122 Å². The van der Waals surface area contributed by atoms with E-state index >= 15 is 0 Å². The lowest BCUT2D eigenvalue weighted by molar-refractivity contribution is 0.738. The van der Waals surface area contributed by atoms with Crippen LogP contribution >= 0.6 is 11.6 Å². The number of nitrogens with one attached hydrogen (secondary N) is 2. The Morgan fingerprint density at radius 2 is 1.85 bits per heavy atom. The molecule has 0 saturated heterocycles. The van der Waals surface area contributed by atoms with Gasteiger partial charge in [-0.2, -0.15) is 10.1 Å². The molecule has 5 nitrogen and oxygen atoms in total. The van der Waals surface area contributed by atoms with Crippen LogP contribution in [0.4, 0.5) is 17.5 Å². The number of anilines is 3. The number of aromatic nitrogens is 3. The minimum Gasteiger partial charge on any atom is -0.350 e. The molecule has 1 aliphatic carbocycles. The maximum atomic E-state index is 5.86. The average Bonchev–Trinajstić information content (AvgIpc) is 2.95. The average molecular weight is 290 g/mol. The van der Waals surface area contributed by atoms with Gasteiger partial charge >= 0.3 is 0 Å². The third kappa shape index (κ3) is 3.36. The van der Waals surface area contributed by atoms with Crippen molar-refractivity contribution < 1.29 is 0 Å². The molecule has 1 heterocycles. The standard InChI is InChI=1S/C14H16ClN5/c15-10-5-7-12(8-6-10)17-13-9-16-20-14(19-13)18-11-3-1-2-4-11/h5-9,11H,1-4H2,(H2,17,18,19,20). The maximum Gasteiger partial charge on any atom is 0.244 e. The molecule has 1 saturated carbocycles. The van der Waals surface area contributed by atoms with Crippen molar-refractivity contribution in [2.75, 3.05) is 10.6 Å². The Morgan fingerprint density at radius 1 is 1.10 bits per heavy atom. The molecule has 1 aromatic heterocycles. The Balaban J connectivity index is 1.68. The van der Waals surface area contributed by atoms with Crippen LogP contribution in [0.15, 0.2) is 30.5 Å². The van der Waals surface area contributed by atoms with E-state index in [0.29, 0.717) is 22.8 Å². The first-order chi connectivity index (χ1) is 9.79. The molecule has 0 unspecified atom stereocenters. The summed E-state index contributed by atoms with van der Waals surface area (Å²) in [6.07, 6.45) is 6.51. The number of hydrogen-bond acceptors (Lipinski definition) is 5. The second-order valence-electron chi connectivity index (χ2n) is 4.92. The quantitative estimate of drug-likeness (QED) is 0.900. The fraction of sp³-hybridized carbons (Fsp3) is 0.357. The van der Waals surface area contributed by atoms with E-state index in [-0.39, 0.29) is 0 Å². The highest BCUT2D eigenvalue weighted by molar-refractivity contribution is 6.30. The van der Waals surface area contributed by atoms with Gasteiger partial charge in [0.15, 0.2) is 5.82 Å². The monoisotopic (exact) mass is 289 g/mol. The summed E-state index contributed by atoms with van der Waals surface area (Å²) in [6, 6.07) is 7.93. The molecule has 0 spiro atoms. The summed E-state index contributed by atoms with van der Waals surface area (Å²) in [6.45, 7) is 0. The molecule has 2 N–H and O–H groups in total. The minimum absolute atomic E-state index is 0.475. The van der Waals surface area contributed by atoms with Gasteiger partial charge in [0, 0.05) is 16.8 Å². The van der Waals surface area contributed by atoms with Gasteiger partial charge in [-0.15, -0.1) is 5.10 Å². The zero-order chi connectivity index (χ0) is 13.8. The summed E-state index contributed by atoms with van der Waals surface area (Å²) in [5, 5.41) is 15.2. The second-order valence-corrected chi connectivity index (χ2v) is 5.36. The van der Waals surface area contributed by atoms with E-state index < -0.39 is 0 Å². The largest absolute Gasteiger partial charge is 0.350 e. The SMILES string of the molecule is Clc1ccc(Nc2cnnc(NC3CCCC3)n2)cc1. The van der Waals surface area contributed by atoms with Crippen LogP contribution in [0.3, 0.4) is 0 Å². The number of rotatable bonds is 4. The number of hydrogen-bond donors (Lipinski definition) is 2. The summed E-state index contributed by atoms with van der Waals surface area (Å²) in [5.41, 5.74) is 0.918. The molecule has 20 heavy (non-hydrogen) atoms. The van der Waals surface area contributed by atoms with Gasteiger partial charge in [-0.3, -0.25) is 0 Å². The summed E-state index contributed by atoms with van der Waals surface area (Å²) in [5.74, 6) is 1.25. The zero-order valence-electron chi connectivity index (χ0n) is 11.0. The highest BCUT2D eigenvalue weighted by Gasteiger charge is 2.15. The van der Waals surface area contributed by atoms with Crippen molar-refractivity contribution in [1.82, 2.24) is 15.2 Å². The molecular formula is C14H16ClN5. The number of benzene rings is 1. The van der Waals surface area contributed by atoms with Crippen molar-refractivity contribution >= 4 is 29.1 Å². The van der Waals surface area contributed by atoms with Crippen molar-refractivity contribution in [3.05, 3.63) is 35.5 Å². The van der Waals surface area contributed by atoms with E-state index in [9.17, 15) is 0 Å². The predicted molar refractivity (Wildman–Crippen MR) is 80.4 cm³/mol. The molecule has 0 atom stereocenters. The molecule has 0 radical (unpaired) electrons. The van der Waals surface area contributed by atoms with E-state index in [2.05, 4.69) is 25.8 Å². The molecule has 0 amide bonds. The summed E-state index contributed by atoms with van der Waals surface area (Å²) < 4.78 is 0. The third-order valence-corrected chi connectivity index (χ3v) is 3.62. The van der Waals surface area contributed by atoms with Crippen molar-refractivity contribution in [3.8, 4) is 0 Å². The van der Waals surface area contributed by atoms with Gasteiger partial charge < -0.3 is 10.6 Å². The van der Waals surface area contributed by atoms with Crippen LogP contribution in [0.2, 0.25) is 5.02 Å². The van der Waals surface area contributed by atoms with E-state index in [4.69, 9.17) is 11.6 Å². The van der Waals surface area contributed by atoms with Gasteiger partial charge in [0.05, 0.1) is 6.20 Å². The van der Waals surface area contributed by atoms with E-state index in [0.717, 1.165) is 5.69 Å². The first-order valence-electron chi connectivity index (χ1n) is 6.78. The van der Waals surface area contributed by atoms with Crippen molar-refractivity contribution in [1.29, 1.82) is 0 Å². The van der Waals surface area contributed by atoms with E-state index in [1.165, 1.54) is 25.7 Å². The number of nitrogens with zero attached hydrogens (tertiary/aromatic N) is 3. The van der Waals surface area contributed by atoms with Crippen LogP contribution in [-0.2, 0) is 0 Å². The molecule has 104 valence electrons. The first kappa shape index (κ1) is 13.1. The van der Waals surface area contributed by atoms with Crippen molar-refractivity contribution in [2.24, 2.45) is 0 Å². The highest BCUT2D eigenvalue weighted by Crippen LogP contribution is 2.21. The summed E-state index contributed by atoms with van der Waals surface area (Å²) in [7, 11) is 0. The molecule has 3 rings (SSSR count). The summed E-state index contributed by atoms with van der Waals surface area (Å²) in [4.78, 5) is 4.43. The molecule has 0 bridgehead atoms. The van der Waals surface area contributed by atoms with Crippen LogP contribution in [0, 0.1) is 0 Å². The minimum atomic E-state index is 0.475. The topological polar surface area (TPSA) is 62.7 Å². The first-order valence-corrected chi connectivity index (χ1v) is 7.16. The lowest BCUT2D eigenvalue weighted by Crippen LogP contribution is -2.17. The molecule has 1 aromatic carbocycles. The van der Waals surface area contributed by atoms with Gasteiger partial charge in [-0.05, 0) is 37.1 Å². The second kappa shape index (κ2) is 6.05. The summed E-state index contributed by atoms with van der Waals surface area (Å²) >= 11 is 5.86. The molecule has 1 fully saturated rings. The predicted octanol–water partition coefficient (Wildman–Crippen LogP) is 3.62. The molecule has 2 aromatic rings. The molecule has 0 aliphatic heterocycles. The van der Waals surface area contributed by atoms with Gasteiger partial charge in [0.25, 0.3) is 0 Å². The van der Waals surface area contributed by atoms with E-state index in [1.807, 2.05) is 24.3 Å². The van der Waals surface area contributed by atoms with Crippen LogP contribution in [0.25, 0.3) is 0 Å². The van der Waals surface area contributed by atoms with E-state index in [1.54, 1.807) is 6.20 Å². The lowest BCUT2D eigenvalue weighted by atomic mass is 10.3. The highest BCUT2D eigenvalue weighted by atomic mass is 35.5. The van der Waals surface area contributed by atoms with Crippen LogP contribution in [-0.4, -0.2) is 21.2 Å². The zero-order valence-corrected chi connectivity index (χ0v) is 11.8. The number of halogens is 1. The Kier molecular flexibility index (Phi) is 3.97. The Bertz CT molecular complexity index is 566. The normalized spacial score (nSPS) is 15.2. The van der Waals surface area contributed by atoms with Crippen molar-refractivity contribution in [3.63, 3.8) is 0 Å².